The average molecular weight is 294 g/mol. The van der Waals surface area contributed by atoms with Gasteiger partial charge < -0.3 is 24.8 Å². The number of hydrogen-bond donors (Lipinski definition) is 2. The minimum Gasteiger partial charge on any atom is -0.482 e. The lowest BCUT2D eigenvalue weighted by Crippen LogP contribution is -2.40. The highest BCUT2D eigenvalue weighted by Gasteiger charge is 2.21. The number of anilines is 1. The molecule has 1 aromatic rings. The van der Waals surface area contributed by atoms with E-state index in [0.717, 1.165) is 5.56 Å². The predicted molar refractivity (Wildman–Crippen MR) is 79.4 cm³/mol. The third kappa shape index (κ3) is 3.72. The Hall–Kier alpha value is -1.63. The summed E-state index contributed by atoms with van der Waals surface area (Å²) in [6.07, 6.45) is -0.312. The number of hydrogen-bond acceptors (Lipinski definition) is 5. The molecule has 0 spiro atoms. The van der Waals surface area contributed by atoms with Crippen molar-refractivity contribution < 1.29 is 19.0 Å². The Morgan fingerprint density at radius 3 is 2.67 bits per heavy atom. The lowest BCUT2D eigenvalue weighted by atomic mass is 10.1. The Morgan fingerprint density at radius 1 is 1.29 bits per heavy atom. The molecule has 2 rings (SSSR count). The largest absolute Gasteiger partial charge is 0.482 e. The fourth-order valence-corrected chi connectivity index (χ4v) is 2.44. The third-order valence-electron chi connectivity index (χ3n) is 3.52. The summed E-state index contributed by atoms with van der Waals surface area (Å²) in [6, 6.07) is 5.88. The van der Waals surface area contributed by atoms with Crippen LogP contribution in [-0.4, -0.2) is 39.1 Å². The molecular formula is C15H22N2O4. The van der Waals surface area contributed by atoms with Crippen LogP contribution >= 0.6 is 0 Å². The highest BCUT2D eigenvalue weighted by Crippen LogP contribution is 2.30. The van der Waals surface area contributed by atoms with E-state index in [4.69, 9.17) is 14.2 Å². The predicted octanol–water partition coefficient (Wildman–Crippen LogP) is 1.68. The molecule has 2 atom stereocenters. The lowest BCUT2D eigenvalue weighted by Gasteiger charge is -2.27. The average Bonchev–Trinajstić information content (AvgIpc) is 2.47. The minimum atomic E-state index is -0.312. The maximum Gasteiger partial charge on any atom is 0.262 e. The van der Waals surface area contributed by atoms with Crippen LogP contribution in [0.2, 0.25) is 0 Å². The SMILES string of the molecule is COC(OC)C(C)NC(C)c1ccc2c(c1)NC(=O)CO2. The summed E-state index contributed by atoms with van der Waals surface area (Å²) in [5, 5.41) is 6.23. The first-order chi connectivity index (χ1) is 10.0. The topological polar surface area (TPSA) is 68.8 Å². The van der Waals surface area contributed by atoms with Crippen LogP contribution in [0.1, 0.15) is 25.5 Å². The summed E-state index contributed by atoms with van der Waals surface area (Å²) in [5.41, 5.74) is 1.76. The van der Waals surface area contributed by atoms with E-state index in [-0.39, 0.29) is 30.9 Å². The van der Waals surface area contributed by atoms with Crippen LogP contribution in [0, 0.1) is 0 Å². The molecule has 2 N–H and O–H groups in total. The van der Waals surface area contributed by atoms with Crippen LogP contribution in [0.5, 0.6) is 5.75 Å². The number of nitrogens with one attached hydrogen (secondary N) is 2. The van der Waals surface area contributed by atoms with E-state index in [9.17, 15) is 4.79 Å². The first-order valence-electron chi connectivity index (χ1n) is 6.93. The molecule has 1 heterocycles. The number of ether oxygens (including phenoxy) is 3. The molecule has 1 aliphatic rings. The van der Waals surface area contributed by atoms with E-state index in [0.29, 0.717) is 11.4 Å². The zero-order chi connectivity index (χ0) is 15.4. The number of methoxy groups -OCH3 is 2. The number of carbonyl (C=O) groups is 1. The highest BCUT2D eigenvalue weighted by atomic mass is 16.7. The van der Waals surface area contributed by atoms with Gasteiger partial charge in [0.2, 0.25) is 0 Å². The van der Waals surface area contributed by atoms with Crippen LogP contribution in [0.15, 0.2) is 18.2 Å². The highest BCUT2D eigenvalue weighted by molar-refractivity contribution is 5.95. The van der Waals surface area contributed by atoms with Crippen LogP contribution in [0.3, 0.4) is 0 Å². The molecule has 0 saturated heterocycles. The summed E-state index contributed by atoms with van der Waals surface area (Å²) in [6.45, 7) is 4.12. The normalized spacial score (nSPS) is 16.9. The van der Waals surface area contributed by atoms with Gasteiger partial charge in [-0.25, -0.2) is 0 Å². The van der Waals surface area contributed by atoms with Crippen molar-refractivity contribution in [2.24, 2.45) is 0 Å². The zero-order valence-corrected chi connectivity index (χ0v) is 12.8. The second-order valence-electron chi connectivity index (χ2n) is 5.11. The summed E-state index contributed by atoms with van der Waals surface area (Å²) >= 11 is 0. The first-order valence-corrected chi connectivity index (χ1v) is 6.93. The molecule has 1 aliphatic heterocycles. The number of amides is 1. The first kappa shape index (κ1) is 15.8. The molecular weight excluding hydrogens is 272 g/mol. The fraction of sp³-hybridized carbons (Fsp3) is 0.533. The zero-order valence-electron chi connectivity index (χ0n) is 12.8. The molecule has 6 nitrogen and oxygen atoms in total. The summed E-state index contributed by atoms with van der Waals surface area (Å²) < 4.78 is 15.8. The van der Waals surface area contributed by atoms with Crippen molar-refractivity contribution in [2.45, 2.75) is 32.2 Å². The van der Waals surface area contributed by atoms with Gasteiger partial charge in [-0.1, -0.05) is 6.07 Å². The smallest absolute Gasteiger partial charge is 0.262 e. The Bertz CT molecular complexity index is 502. The minimum absolute atomic E-state index is 0.0249. The number of benzene rings is 1. The Balaban J connectivity index is 2.07. The Labute approximate surface area is 124 Å². The monoisotopic (exact) mass is 294 g/mol. The van der Waals surface area contributed by atoms with Crippen molar-refractivity contribution >= 4 is 11.6 Å². The third-order valence-corrected chi connectivity index (χ3v) is 3.52. The lowest BCUT2D eigenvalue weighted by molar-refractivity contribution is -0.120. The number of fused-ring (bicyclic) bond motifs is 1. The van der Waals surface area contributed by atoms with Gasteiger partial charge in [0.15, 0.2) is 12.9 Å². The van der Waals surface area contributed by atoms with Crippen molar-refractivity contribution in [2.75, 3.05) is 26.1 Å². The summed E-state index contributed by atoms with van der Waals surface area (Å²) in [4.78, 5) is 11.4. The summed E-state index contributed by atoms with van der Waals surface area (Å²) in [5.74, 6) is 0.567. The number of rotatable bonds is 6. The fourth-order valence-electron chi connectivity index (χ4n) is 2.44. The van der Waals surface area contributed by atoms with Crippen molar-refractivity contribution in [3.8, 4) is 5.75 Å². The maximum atomic E-state index is 11.4. The molecule has 1 amide bonds. The molecule has 1 aromatic carbocycles. The van der Waals surface area contributed by atoms with Gasteiger partial charge in [0.1, 0.15) is 5.75 Å². The van der Waals surface area contributed by atoms with Crippen LogP contribution in [-0.2, 0) is 14.3 Å². The molecule has 2 unspecified atom stereocenters. The van der Waals surface area contributed by atoms with E-state index < -0.39 is 0 Å². The van der Waals surface area contributed by atoms with Crippen LogP contribution < -0.4 is 15.4 Å². The maximum absolute atomic E-state index is 11.4. The van der Waals surface area contributed by atoms with Crippen molar-refractivity contribution in [1.82, 2.24) is 5.32 Å². The second-order valence-corrected chi connectivity index (χ2v) is 5.11. The van der Waals surface area contributed by atoms with Crippen LogP contribution in [0.25, 0.3) is 0 Å². The number of carbonyl (C=O) groups excluding carboxylic acids is 1. The Kier molecular flexibility index (Phi) is 5.17. The molecule has 0 bridgehead atoms. The van der Waals surface area contributed by atoms with E-state index in [1.807, 2.05) is 32.0 Å². The van der Waals surface area contributed by atoms with Crippen molar-refractivity contribution in [3.05, 3.63) is 23.8 Å². The van der Waals surface area contributed by atoms with Gasteiger partial charge in [0, 0.05) is 20.3 Å². The van der Waals surface area contributed by atoms with Gasteiger partial charge >= 0.3 is 0 Å². The molecule has 0 saturated carbocycles. The molecule has 0 fully saturated rings. The molecule has 0 radical (unpaired) electrons. The molecule has 0 aliphatic carbocycles. The van der Waals surface area contributed by atoms with Crippen LogP contribution in [0.4, 0.5) is 5.69 Å². The quantitative estimate of drug-likeness (QED) is 0.781. The molecule has 21 heavy (non-hydrogen) atoms. The van der Waals surface area contributed by atoms with Gasteiger partial charge in [-0.15, -0.1) is 0 Å². The van der Waals surface area contributed by atoms with E-state index in [1.54, 1.807) is 14.2 Å². The Morgan fingerprint density at radius 2 is 2.00 bits per heavy atom. The molecule has 0 aromatic heterocycles. The standard InChI is InChI=1S/C15H22N2O4/c1-9(16-10(2)15(19-3)20-4)11-5-6-13-12(7-11)17-14(18)8-21-13/h5-7,9-10,15-16H,8H2,1-4H3,(H,17,18). The van der Waals surface area contributed by atoms with Gasteiger partial charge in [0.25, 0.3) is 5.91 Å². The van der Waals surface area contributed by atoms with Gasteiger partial charge in [-0.05, 0) is 31.5 Å². The van der Waals surface area contributed by atoms with Crippen molar-refractivity contribution in [1.29, 1.82) is 0 Å². The van der Waals surface area contributed by atoms with E-state index in [1.165, 1.54) is 0 Å². The van der Waals surface area contributed by atoms with Crippen molar-refractivity contribution in [3.63, 3.8) is 0 Å². The van der Waals surface area contributed by atoms with E-state index in [2.05, 4.69) is 10.6 Å². The van der Waals surface area contributed by atoms with E-state index >= 15 is 0 Å². The summed E-state index contributed by atoms with van der Waals surface area (Å²) in [7, 11) is 3.23. The van der Waals surface area contributed by atoms with Gasteiger partial charge in [-0.2, -0.15) is 0 Å². The van der Waals surface area contributed by atoms with Gasteiger partial charge in [-0.3, -0.25) is 4.79 Å². The molecule has 6 heteroatoms. The molecule has 116 valence electrons. The second kappa shape index (κ2) is 6.89. The van der Waals surface area contributed by atoms with Gasteiger partial charge in [0.05, 0.1) is 11.7 Å².